The summed E-state index contributed by atoms with van der Waals surface area (Å²) in [6.45, 7) is 7.41. The molecule has 0 radical (unpaired) electrons. The van der Waals surface area contributed by atoms with E-state index in [1.807, 2.05) is 53.4 Å². The molecule has 0 saturated carbocycles. The van der Waals surface area contributed by atoms with Crippen LogP contribution in [0.25, 0.3) is 0 Å². The van der Waals surface area contributed by atoms with Crippen molar-refractivity contribution in [2.75, 3.05) is 44.2 Å². The van der Waals surface area contributed by atoms with Crippen molar-refractivity contribution in [1.29, 1.82) is 0 Å². The number of nitrogens with zero attached hydrogens (tertiary/aromatic N) is 2. The molecule has 1 N–H and O–H groups in total. The molecule has 1 amide bonds. The van der Waals surface area contributed by atoms with Gasteiger partial charge in [0.15, 0.2) is 9.84 Å². The third-order valence-corrected chi connectivity index (χ3v) is 7.87. The highest BCUT2D eigenvalue weighted by molar-refractivity contribution is 7.91. The van der Waals surface area contributed by atoms with Gasteiger partial charge in [-0.2, -0.15) is 0 Å². The Morgan fingerprint density at radius 1 is 0.969 bits per heavy atom. The first-order valence-corrected chi connectivity index (χ1v) is 13.3. The van der Waals surface area contributed by atoms with Crippen LogP contribution in [0.3, 0.4) is 0 Å². The molecule has 3 rings (SSSR count). The molecule has 0 aromatic heterocycles. The lowest BCUT2D eigenvalue weighted by molar-refractivity contribution is -0.127. The van der Waals surface area contributed by atoms with Crippen molar-refractivity contribution < 1.29 is 13.2 Å². The average Bonchev–Trinajstić information content (AvgIpc) is 2.81. The molecule has 7 heteroatoms. The van der Waals surface area contributed by atoms with Gasteiger partial charge in [0.05, 0.1) is 11.5 Å². The van der Waals surface area contributed by atoms with E-state index in [1.165, 1.54) is 5.56 Å². The first kappa shape index (κ1) is 24.4. The van der Waals surface area contributed by atoms with Crippen molar-refractivity contribution in [3.8, 4) is 0 Å². The van der Waals surface area contributed by atoms with E-state index >= 15 is 0 Å². The zero-order valence-corrected chi connectivity index (χ0v) is 19.9. The summed E-state index contributed by atoms with van der Waals surface area (Å²) in [4.78, 5) is 17.8. The molecule has 0 bridgehead atoms. The second-order valence-corrected chi connectivity index (χ2v) is 10.6. The number of amides is 1. The second kappa shape index (κ2) is 11.6. The lowest BCUT2D eigenvalue weighted by Crippen LogP contribution is -2.50. The third kappa shape index (κ3) is 6.64. The van der Waals surface area contributed by atoms with Gasteiger partial charge in [-0.05, 0) is 30.6 Å². The van der Waals surface area contributed by atoms with Crippen LogP contribution in [0.5, 0.6) is 0 Å². The van der Waals surface area contributed by atoms with Crippen LogP contribution in [-0.4, -0.2) is 74.4 Å². The molecule has 2 aromatic carbocycles. The van der Waals surface area contributed by atoms with Crippen LogP contribution in [-0.2, 0) is 21.1 Å². The van der Waals surface area contributed by atoms with Crippen LogP contribution >= 0.6 is 0 Å². The Kier molecular flexibility index (Phi) is 8.84. The normalized spacial score (nSPS) is 18.2. The number of hydrogen-bond donors (Lipinski definition) is 1. The van der Waals surface area contributed by atoms with E-state index in [9.17, 15) is 13.2 Å². The highest BCUT2D eigenvalue weighted by Gasteiger charge is 2.32. The molecule has 1 aliphatic rings. The summed E-state index contributed by atoms with van der Waals surface area (Å²) in [5.41, 5.74) is 2.14. The second-order valence-electron chi connectivity index (χ2n) is 8.31. The lowest BCUT2D eigenvalue weighted by atomic mass is 10.0. The number of carbonyl (C=O) groups excluding carboxylic acids is 1. The molecule has 2 atom stereocenters. The summed E-state index contributed by atoms with van der Waals surface area (Å²) < 4.78 is 23.8. The summed E-state index contributed by atoms with van der Waals surface area (Å²) in [5, 5.41) is 3.20. The maximum atomic E-state index is 13.4. The average molecular weight is 458 g/mol. The fraction of sp³-hybridized carbons (Fsp3) is 0.480. The fourth-order valence-electron chi connectivity index (χ4n) is 4.42. The van der Waals surface area contributed by atoms with Crippen LogP contribution in [0.1, 0.15) is 31.0 Å². The third-order valence-electron chi connectivity index (χ3n) is 6.26. The number of hydrogen-bond acceptors (Lipinski definition) is 5. The summed E-state index contributed by atoms with van der Waals surface area (Å²) in [6, 6.07) is 19.7. The van der Waals surface area contributed by atoms with Gasteiger partial charge in [-0.3, -0.25) is 14.6 Å². The van der Waals surface area contributed by atoms with Crippen molar-refractivity contribution in [1.82, 2.24) is 15.1 Å². The van der Waals surface area contributed by atoms with Gasteiger partial charge in [-0.15, -0.1) is 0 Å². The van der Waals surface area contributed by atoms with Gasteiger partial charge < -0.3 is 5.32 Å². The minimum absolute atomic E-state index is 0.0688. The number of benzene rings is 2. The van der Waals surface area contributed by atoms with E-state index in [-0.39, 0.29) is 23.5 Å². The van der Waals surface area contributed by atoms with Crippen LogP contribution in [0.15, 0.2) is 60.7 Å². The summed E-state index contributed by atoms with van der Waals surface area (Å²) in [5.74, 6) is 0.125. The Hall–Kier alpha value is -2.22. The Morgan fingerprint density at radius 3 is 2.09 bits per heavy atom. The van der Waals surface area contributed by atoms with Crippen LogP contribution in [0, 0.1) is 0 Å². The maximum Gasteiger partial charge on any atom is 0.242 e. The molecule has 174 valence electrons. The van der Waals surface area contributed by atoms with E-state index in [4.69, 9.17) is 0 Å². The number of likely N-dealkylation sites (N-methyl/N-ethyl adjacent to an activating group) is 1. The molecular formula is C25H35N3O3S. The first-order valence-electron chi connectivity index (χ1n) is 11.5. The van der Waals surface area contributed by atoms with Gasteiger partial charge in [0.25, 0.3) is 0 Å². The minimum atomic E-state index is -3.02. The zero-order valence-electron chi connectivity index (χ0n) is 19.1. The van der Waals surface area contributed by atoms with E-state index in [0.717, 1.165) is 25.1 Å². The fourth-order valence-corrected chi connectivity index (χ4v) is 5.65. The monoisotopic (exact) mass is 457 g/mol. The summed E-state index contributed by atoms with van der Waals surface area (Å²) in [7, 11) is -3.02. The van der Waals surface area contributed by atoms with Crippen molar-refractivity contribution in [2.45, 2.75) is 32.4 Å². The van der Waals surface area contributed by atoms with Crippen molar-refractivity contribution in [3.05, 3.63) is 71.8 Å². The van der Waals surface area contributed by atoms with Gasteiger partial charge in [-0.1, -0.05) is 74.5 Å². The number of carbonyl (C=O) groups is 1. The van der Waals surface area contributed by atoms with Crippen LogP contribution in [0.4, 0.5) is 0 Å². The summed E-state index contributed by atoms with van der Waals surface area (Å²) in [6.07, 6.45) is 0.862. The van der Waals surface area contributed by atoms with Gasteiger partial charge in [0.1, 0.15) is 6.04 Å². The van der Waals surface area contributed by atoms with Crippen molar-refractivity contribution in [2.24, 2.45) is 0 Å². The SMILES string of the molecule is CCN(CC)C(CNC(=O)C(c1ccccc1)N1CCS(=O)(=O)CC1)Cc1ccccc1. The molecule has 1 fully saturated rings. The standard InChI is InChI=1S/C25H35N3O3S/c1-3-27(4-2)23(19-21-11-7-5-8-12-21)20-26-25(29)24(22-13-9-6-10-14-22)28-15-17-32(30,31)18-16-28/h5-14,23-24H,3-4,15-20H2,1-2H3,(H,26,29). The smallest absolute Gasteiger partial charge is 0.242 e. The van der Waals surface area contributed by atoms with E-state index in [2.05, 4.69) is 36.2 Å². The molecule has 0 aliphatic carbocycles. The van der Waals surface area contributed by atoms with Gasteiger partial charge in [0, 0.05) is 25.7 Å². The molecule has 2 aromatic rings. The van der Waals surface area contributed by atoms with Gasteiger partial charge in [0.2, 0.25) is 5.91 Å². The molecule has 1 saturated heterocycles. The number of nitrogens with one attached hydrogen (secondary N) is 1. The summed E-state index contributed by atoms with van der Waals surface area (Å²) >= 11 is 0. The van der Waals surface area contributed by atoms with E-state index in [0.29, 0.717) is 19.6 Å². The Bertz CT molecular complexity index is 933. The minimum Gasteiger partial charge on any atom is -0.353 e. The molecule has 2 unspecified atom stereocenters. The van der Waals surface area contributed by atoms with Crippen LogP contribution in [0.2, 0.25) is 0 Å². The number of sulfone groups is 1. The van der Waals surface area contributed by atoms with Gasteiger partial charge >= 0.3 is 0 Å². The van der Waals surface area contributed by atoms with Crippen molar-refractivity contribution in [3.63, 3.8) is 0 Å². The first-order chi connectivity index (χ1) is 15.4. The molecule has 1 heterocycles. The largest absolute Gasteiger partial charge is 0.353 e. The lowest BCUT2D eigenvalue weighted by Gasteiger charge is -2.35. The molecule has 32 heavy (non-hydrogen) atoms. The quantitative estimate of drug-likeness (QED) is 0.594. The predicted molar refractivity (Wildman–Crippen MR) is 129 cm³/mol. The highest BCUT2D eigenvalue weighted by atomic mass is 32.2. The highest BCUT2D eigenvalue weighted by Crippen LogP contribution is 2.23. The zero-order chi connectivity index (χ0) is 23.0. The molecule has 1 aliphatic heterocycles. The molecule has 0 spiro atoms. The van der Waals surface area contributed by atoms with E-state index < -0.39 is 15.9 Å². The molecular weight excluding hydrogens is 422 g/mol. The number of rotatable bonds is 10. The predicted octanol–water partition coefficient (Wildman–Crippen LogP) is 2.53. The van der Waals surface area contributed by atoms with Crippen LogP contribution < -0.4 is 5.32 Å². The topological polar surface area (TPSA) is 69.7 Å². The van der Waals surface area contributed by atoms with Gasteiger partial charge in [-0.25, -0.2) is 8.42 Å². The molecule has 6 nitrogen and oxygen atoms in total. The van der Waals surface area contributed by atoms with Crippen molar-refractivity contribution >= 4 is 15.7 Å². The Labute approximate surface area is 192 Å². The Morgan fingerprint density at radius 2 is 1.53 bits per heavy atom. The van der Waals surface area contributed by atoms with E-state index in [1.54, 1.807) is 0 Å². The maximum absolute atomic E-state index is 13.4. The Balaban J connectivity index is 1.74.